The number of hydrogen-bond acceptors (Lipinski definition) is 4. The zero-order valence-electron chi connectivity index (χ0n) is 16.2. The van der Waals surface area contributed by atoms with Crippen LogP contribution in [0.5, 0.6) is 0 Å². The van der Waals surface area contributed by atoms with Gasteiger partial charge in [0.2, 0.25) is 0 Å². The Bertz CT molecular complexity index is 1090. The number of rotatable bonds is 6. The highest BCUT2D eigenvalue weighted by Crippen LogP contribution is 2.31. The van der Waals surface area contributed by atoms with Crippen molar-refractivity contribution >= 4 is 33.4 Å². The molecule has 0 spiro atoms. The maximum atomic E-state index is 6.49. The van der Waals surface area contributed by atoms with Crippen LogP contribution in [0.4, 0.5) is 0 Å². The lowest BCUT2D eigenvalue weighted by Gasteiger charge is -2.11. The second-order valence-corrected chi connectivity index (χ2v) is 8.15. The van der Waals surface area contributed by atoms with E-state index in [0.717, 1.165) is 26.8 Å². The first-order valence-corrected chi connectivity index (χ1v) is 10.6. The molecule has 0 unspecified atom stereocenters. The fourth-order valence-corrected chi connectivity index (χ4v) is 4.15. The van der Waals surface area contributed by atoms with Crippen molar-refractivity contribution in [2.75, 3.05) is 0 Å². The van der Waals surface area contributed by atoms with Gasteiger partial charge in [0, 0.05) is 34.2 Å². The van der Waals surface area contributed by atoms with Gasteiger partial charge >= 0.3 is 0 Å². The Morgan fingerprint density at radius 2 is 2.07 bits per heavy atom. The molecule has 1 saturated carbocycles. The summed E-state index contributed by atoms with van der Waals surface area (Å²) in [4.78, 5) is 4.41. The van der Waals surface area contributed by atoms with Gasteiger partial charge in [0.25, 0.3) is 0 Å². The van der Waals surface area contributed by atoms with Crippen LogP contribution in [-0.2, 0) is 0 Å². The van der Waals surface area contributed by atoms with Gasteiger partial charge in [0.15, 0.2) is 0 Å². The quantitative estimate of drug-likeness (QED) is 0.512. The van der Waals surface area contributed by atoms with Gasteiger partial charge in [0.1, 0.15) is 11.5 Å². The van der Waals surface area contributed by atoms with Crippen LogP contribution in [0.25, 0.3) is 22.5 Å². The smallest absolute Gasteiger partial charge is 0.118 e. The van der Waals surface area contributed by atoms with Crippen LogP contribution in [-0.4, -0.2) is 21.9 Å². The van der Waals surface area contributed by atoms with Crippen LogP contribution in [0, 0.1) is 0 Å². The summed E-state index contributed by atoms with van der Waals surface area (Å²) in [6, 6.07) is 14.5. The molecule has 2 aromatic heterocycles. The van der Waals surface area contributed by atoms with Crippen molar-refractivity contribution in [2.45, 2.75) is 31.7 Å². The van der Waals surface area contributed by atoms with Gasteiger partial charge < -0.3 is 11.1 Å². The Hall–Kier alpha value is -2.86. The highest BCUT2D eigenvalue weighted by molar-refractivity contribution is 9.10. The number of hydrogen-bond donors (Lipinski definition) is 2. The lowest BCUT2D eigenvalue weighted by Crippen LogP contribution is -2.23. The maximum absolute atomic E-state index is 6.49. The molecule has 0 aliphatic heterocycles. The minimum absolute atomic E-state index is 0.490. The van der Waals surface area contributed by atoms with E-state index in [-0.39, 0.29) is 0 Å². The predicted molar refractivity (Wildman–Crippen MR) is 124 cm³/mol. The molecule has 148 valence electrons. The lowest BCUT2D eigenvalue weighted by atomic mass is 10.0. The first kappa shape index (κ1) is 19.5. The Labute approximate surface area is 179 Å². The third-order valence-corrected chi connectivity index (χ3v) is 5.63. The Morgan fingerprint density at radius 1 is 1.24 bits per heavy atom. The predicted octanol–water partition coefficient (Wildman–Crippen LogP) is 5.14. The first-order chi connectivity index (χ1) is 14.1. The van der Waals surface area contributed by atoms with Crippen molar-refractivity contribution in [1.29, 1.82) is 0 Å². The highest BCUT2D eigenvalue weighted by Gasteiger charge is 2.17. The van der Waals surface area contributed by atoms with Gasteiger partial charge in [-0.25, -0.2) is 9.51 Å². The molecular weight excluding hydrogens is 426 g/mol. The minimum Gasteiger partial charge on any atom is -0.398 e. The number of aromatic nitrogens is 2. The average molecular weight is 450 g/mol. The van der Waals surface area contributed by atoms with E-state index in [1.807, 2.05) is 59.3 Å². The summed E-state index contributed by atoms with van der Waals surface area (Å²) in [5.74, 6) is 0.674. The summed E-state index contributed by atoms with van der Waals surface area (Å²) in [5, 5.41) is 8.13. The Kier molecular flexibility index (Phi) is 5.81. The number of allylic oxidation sites excluding steroid dienone is 1. The Balaban J connectivity index is 1.64. The van der Waals surface area contributed by atoms with E-state index >= 15 is 0 Å². The maximum Gasteiger partial charge on any atom is 0.118 e. The van der Waals surface area contributed by atoms with E-state index in [9.17, 15) is 0 Å². The van der Waals surface area contributed by atoms with Gasteiger partial charge in [-0.3, -0.25) is 0 Å². The van der Waals surface area contributed by atoms with E-state index in [4.69, 9.17) is 10.8 Å². The van der Waals surface area contributed by atoms with Crippen molar-refractivity contribution in [3.8, 4) is 11.3 Å². The van der Waals surface area contributed by atoms with Gasteiger partial charge in [0.05, 0.1) is 11.1 Å². The SMILES string of the molecule is C=C(/N=C\C=C(/N)c1c(-c2cccc(Br)c2)nn2ccccc12)NC1CCCC1. The molecule has 1 aromatic carbocycles. The molecule has 3 N–H and O–H groups in total. The summed E-state index contributed by atoms with van der Waals surface area (Å²) in [6.45, 7) is 4.00. The number of halogens is 1. The number of benzene rings is 1. The largest absolute Gasteiger partial charge is 0.398 e. The number of aliphatic imine (C=N–C) groups is 1. The normalized spacial score (nSPS) is 15.4. The monoisotopic (exact) mass is 449 g/mol. The molecule has 0 saturated heterocycles. The summed E-state index contributed by atoms with van der Waals surface area (Å²) < 4.78 is 2.85. The van der Waals surface area contributed by atoms with Crippen molar-refractivity contribution < 1.29 is 0 Å². The Morgan fingerprint density at radius 3 is 2.86 bits per heavy atom. The molecule has 0 radical (unpaired) electrons. The summed E-state index contributed by atoms with van der Waals surface area (Å²) in [6.07, 6.45) is 10.4. The third-order valence-electron chi connectivity index (χ3n) is 5.14. The zero-order valence-corrected chi connectivity index (χ0v) is 17.8. The molecule has 0 atom stereocenters. The van der Waals surface area contributed by atoms with Crippen LogP contribution in [0.1, 0.15) is 31.2 Å². The van der Waals surface area contributed by atoms with Gasteiger partial charge in [-0.15, -0.1) is 0 Å². The molecule has 1 aliphatic carbocycles. The molecule has 6 heteroatoms. The van der Waals surface area contributed by atoms with E-state index in [0.29, 0.717) is 17.6 Å². The van der Waals surface area contributed by atoms with Crippen LogP contribution < -0.4 is 11.1 Å². The first-order valence-electron chi connectivity index (χ1n) is 9.81. The molecule has 5 nitrogen and oxygen atoms in total. The van der Waals surface area contributed by atoms with E-state index in [1.165, 1.54) is 25.7 Å². The molecule has 1 fully saturated rings. The minimum atomic E-state index is 0.490. The number of pyridine rings is 1. The zero-order chi connectivity index (χ0) is 20.2. The summed E-state index contributed by atoms with van der Waals surface area (Å²) in [5.41, 5.74) is 10.8. The van der Waals surface area contributed by atoms with E-state index in [1.54, 1.807) is 6.21 Å². The molecule has 2 heterocycles. The molecule has 0 amide bonds. The fraction of sp³-hybridized carbons (Fsp3) is 0.217. The molecular formula is C23H24BrN5. The van der Waals surface area contributed by atoms with Crippen LogP contribution in [0.2, 0.25) is 0 Å². The lowest BCUT2D eigenvalue weighted by molar-refractivity contribution is 0.583. The van der Waals surface area contributed by atoms with Crippen LogP contribution >= 0.6 is 15.9 Å². The fourth-order valence-electron chi connectivity index (χ4n) is 3.76. The average Bonchev–Trinajstić information content (AvgIpc) is 3.35. The second kappa shape index (κ2) is 8.66. The molecule has 3 aromatic rings. The third kappa shape index (κ3) is 4.43. The highest BCUT2D eigenvalue weighted by atomic mass is 79.9. The van der Waals surface area contributed by atoms with Crippen LogP contribution in [0.3, 0.4) is 0 Å². The van der Waals surface area contributed by atoms with E-state index < -0.39 is 0 Å². The van der Waals surface area contributed by atoms with E-state index in [2.05, 4.69) is 32.8 Å². The van der Waals surface area contributed by atoms with Crippen molar-refractivity contribution in [2.24, 2.45) is 10.7 Å². The molecule has 4 rings (SSSR count). The standard InChI is InChI=1S/C23H24BrN5/c1-16(27-19-9-2-3-10-19)26-13-12-20(25)22-21-11-4-5-14-29(21)28-23(22)17-7-6-8-18(24)15-17/h4-8,11-15,19,27H,1-3,9-10,25H2/b20-12-,26-13-. The summed E-state index contributed by atoms with van der Waals surface area (Å²) in [7, 11) is 0. The number of nitrogens with one attached hydrogen (secondary N) is 1. The van der Waals surface area contributed by atoms with Crippen molar-refractivity contribution in [3.05, 3.63) is 77.2 Å². The van der Waals surface area contributed by atoms with Crippen molar-refractivity contribution in [3.63, 3.8) is 0 Å². The van der Waals surface area contributed by atoms with Gasteiger partial charge in [-0.1, -0.05) is 53.5 Å². The number of nitrogens with two attached hydrogens (primary N) is 1. The topological polar surface area (TPSA) is 67.7 Å². The van der Waals surface area contributed by atoms with Gasteiger partial charge in [-0.2, -0.15) is 5.10 Å². The number of fused-ring (bicyclic) bond motifs is 1. The van der Waals surface area contributed by atoms with Gasteiger partial charge in [-0.05, 0) is 43.2 Å². The van der Waals surface area contributed by atoms with Crippen LogP contribution in [0.15, 0.2) is 76.6 Å². The molecule has 1 aliphatic rings. The summed E-state index contributed by atoms with van der Waals surface area (Å²) >= 11 is 3.54. The molecule has 29 heavy (non-hydrogen) atoms. The number of nitrogens with zero attached hydrogens (tertiary/aromatic N) is 3. The molecule has 0 bridgehead atoms. The van der Waals surface area contributed by atoms with Crippen molar-refractivity contribution in [1.82, 2.24) is 14.9 Å². The second-order valence-electron chi connectivity index (χ2n) is 7.24.